The fourth-order valence-corrected chi connectivity index (χ4v) is 5.98. The molecule has 7 nitrogen and oxygen atoms in total. The van der Waals surface area contributed by atoms with E-state index in [4.69, 9.17) is 14.2 Å². The van der Waals surface area contributed by atoms with Crippen molar-refractivity contribution in [3.8, 4) is 17.2 Å². The lowest BCUT2D eigenvalue weighted by atomic mass is 9.68. The summed E-state index contributed by atoms with van der Waals surface area (Å²) < 4.78 is 17.0. The monoisotopic (exact) mass is 562 g/mol. The molecule has 0 amide bonds. The Morgan fingerprint density at radius 3 is 2.62 bits per heavy atom. The number of ether oxygens (including phenoxy) is 3. The number of hydrogen-bond acceptors (Lipinski definition) is 7. The first-order valence-electron chi connectivity index (χ1n) is 14.2. The van der Waals surface area contributed by atoms with Crippen LogP contribution in [0.25, 0.3) is 16.5 Å². The third-order valence-corrected chi connectivity index (χ3v) is 7.94. The normalized spacial score (nSPS) is 17.2. The van der Waals surface area contributed by atoms with Gasteiger partial charge in [0.05, 0.1) is 31.7 Å². The minimum Gasteiger partial charge on any atom is -0.493 e. The topological polar surface area (TPSA) is 86.8 Å². The molecule has 4 aromatic rings. The standard InChI is InChI=1S/C35H34N2O5/c1-21-7-10-23(11-8-21)41-17-15-31(39)42-29-14-9-22(18-30(29)40-4)34-33-25(19-35(2,3)20-28(33)38)32-24-6-5-16-36-26(24)12-13-27(32)37-34/h5-14,16,18,34,37H,15,17,19-20H2,1-4H3. The summed E-state index contributed by atoms with van der Waals surface area (Å²) in [6.45, 7) is 6.50. The minimum absolute atomic E-state index is 0.0864. The maximum absolute atomic E-state index is 13.7. The van der Waals surface area contributed by atoms with Crippen molar-refractivity contribution >= 4 is 33.9 Å². The number of carbonyl (C=O) groups excluding carboxylic acids is 2. The van der Waals surface area contributed by atoms with Gasteiger partial charge in [-0.25, -0.2) is 0 Å². The first-order chi connectivity index (χ1) is 20.2. The van der Waals surface area contributed by atoms with Gasteiger partial charge in [-0.05, 0) is 72.4 Å². The molecule has 1 unspecified atom stereocenters. The summed E-state index contributed by atoms with van der Waals surface area (Å²) in [5, 5.41) is 4.67. The molecule has 1 N–H and O–H groups in total. The van der Waals surface area contributed by atoms with Crippen LogP contribution >= 0.6 is 0 Å². The number of rotatable bonds is 7. The van der Waals surface area contributed by atoms with Gasteiger partial charge in [-0.3, -0.25) is 14.6 Å². The first kappa shape index (κ1) is 27.5. The van der Waals surface area contributed by atoms with Crippen LogP contribution in [0.15, 0.2) is 78.5 Å². The molecule has 0 radical (unpaired) electrons. The Labute approximate surface area is 245 Å². The number of allylic oxidation sites excluding steroid dienone is 1. The molecule has 1 aliphatic carbocycles. The molecule has 7 heteroatoms. The van der Waals surface area contributed by atoms with E-state index in [0.717, 1.165) is 50.8 Å². The molecule has 0 saturated heterocycles. The highest BCUT2D eigenvalue weighted by atomic mass is 16.6. The second kappa shape index (κ2) is 11.0. The highest BCUT2D eigenvalue weighted by Crippen LogP contribution is 2.52. The molecule has 0 spiro atoms. The number of pyridine rings is 1. The molecule has 0 bridgehead atoms. The van der Waals surface area contributed by atoms with E-state index in [-0.39, 0.29) is 30.3 Å². The summed E-state index contributed by atoms with van der Waals surface area (Å²) in [6.07, 6.45) is 3.13. The van der Waals surface area contributed by atoms with Gasteiger partial charge in [0.2, 0.25) is 0 Å². The Hall–Kier alpha value is -4.65. The predicted molar refractivity (Wildman–Crippen MR) is 163 cm³/mol. The van der Waals surface area contributed by atoms with E-state index in [9.17, 15) is 9.59 Å². The Kier molecular flexibility index (Phi) is 7.19. The number of fused-ring (bicyclic) bond motifs is 4. The number of esters is 1. The number of methoxy groups -OCH3 is 1. The molecule has 0 fully saturated rings. The summed E-state index contributed by atoms with van der Waals surface area (Å²) in [6, 6.07) is 20.8. The second-order valence-electron chi connectivity index (χ2n) is 11.8. The molecule has 1 atom stereocenters. The summed E-state index contributed by atoms with van der Waals surface area (Å²) >= 11 is 0. The van der Waals surface area contributed by atoms with Crippen molar-refractivity contribution in [1.29, 1.82) is 0 Å². The average molecular weight is 563 g/mol. The largest absolute Gasteiger partial charge is 0.493 e. The number of hydrogen-bond donors (Lipinski definition) is 1. The van der Waals surface area contributed by atoms with Crippen molar-refractivity contribution < 1.29 is 23.8 Å². The number of nitrogens with one attached hydrogen (secondary N) is 1. The van der Waals surface area contributed by atoms with Gasteiger partial charge in [0, 0.05) is 34.8 Å². The maximum atomic E-state index is 13.7. The van der Waals surface area contributed by atoms with Gasteiger partial charge in [-0.15, -0.1) is 0 Å². The summed E-state index contributed by atoms with van der Waals surface area (Å²) in [5.74, 6) is 1.15. The van der Waals surface area contributed by atoms with E-state index in [1.54, 1.807) is 19.4 Å². The molecule has 0 saturated carbocycles. The molecular formula is C35H34N2O5. The van der Waals surface area contributed by atoms with Crippen LogP contribution in [-0.2, 0) is 9.59 Å². The fourth-order valence-electron chi connectivity index (χ4n) is 5.98. The lowest BCUT2D eigenvalue weighted by Crippen LogP contribution is -2.33. The Balaban J connectivity index is 1.28. The number of ketones is 1. The first-order valence-corrected chi connectivity index (χ1v) is 14.2. The van der Waals surface area contributed by atoms with Gasteiger partial charge in [-0.1, -0.05) is 43.7 Å². The lowest BCUT2D eigenvalue weighted by Gasteiger charge is -2.40. The molecule has 1 aliphatic heterocycles. The van der Waals surface area contributed by atoms with Crippen molar-refractivity contribution in [3.63, 3.8) is 0 Å². The van der Waals surface area contributed by atoms with E-state index >= 15 is 0 Å². The van der Waals surface area contributed by atoms with E-state index in [1.807, 2.05) is 61.5 Å². The van der Waals surface area contributed by atoms with Gasteiger partial charge in [0.25, 0.3) is 0 Å². The third kappa shape index (κ3) is 5.34. The van der Waals surface area contributed by atoms with Crippen LogP contribution in [0.1, 0.15) is 55.8 Å². The molecular weight excluding hydrogens is 528 g/mol. The fraction of sp³-hybridized carbons (Fsp3) is 0.286. The number of anilines is 1. The molecule has 1 aromatic heterocycles. The Bertz CT molecular complexity index is 1720. The predicted octanol–water partition coefficient (Wildman–Crippen LogP) is 7.24. The third-order valence-electron chi connectivity index (χ3n) is 7.94. The number of aryl methyl sites for hydroxylation is 1. The van der Waals surface area contributed by atoms with Gasteiger partial charge in [0.15, 0.2) is 17.3 Å². The smallest absolute Gasteiger partial charge is 0.314 e. The van der Waals surface area contributed by atoms with E-state index in [1.165, 1.54) is 0 Å². The Morgan fingerprint density at radius 2 is 1.83 bits per heavy atom. The zero-order valence-electron chi connectivity index (χ0n) is 24.3. The zero-order chi connectivity index (χ0) is 29.4. The number of nitrogens with zero attached hydrogens (tertiary/aromatic N) is 1. The maximum Gasteiger partial charge on any atom is 0.314 e. The Morgan fingerprint density at radius 1 is 1.02 bits per heavy atom. The average Bonchev–Trinajstić information content (AvgIpc) is 2.97. The van der Waals surface area contributed by atoms with Crippen molar-refractivity contribution in [2.45, 2.75) is 46.1 Å². The molecule has 6 rings (SSSR count). The van der Waals surface area contributed by atoms with Gasteiger partial charge in [0.1, 0.15) is 5.75 Å². The summed E-state index contributed by atoms with van der Waals surface area (Å²) in [4.78, 5) is 30.9. The quantitative estimate of drug-likeness (QED) is 0.188. The minimum atomic E-state index is -0.423. The SMILES string of the molecule is COc1cc(C2Nc3ccc4ncccc4c3C3=C2C(=O)CC(C)(C)C3)ccc1OC(=O)CCOc1ccc(C)cc1. The molecule has 2 heterocycles. The molecule has 3 aromatic carbocycles. The highest BCUT2D eigenvalue weighted by molar-refractivity contribution is 6.12. The number of aromatic nitrogens is 1. The van der Waals surface area contributed by atoms with Crippen LogP contribution in [-0.4, -0.2) is 30.5 Å². The summed E-state index contributed by atoms with van der Waals surface area (Å²) in [7, 11) is 1.54. The number of Topliss-reactive ketones (excluding diaryl/α,β-unsaturated/α-hetero) is 1. The number of benzene rings is 3. The van der Waals surface area contributed by atoms with E-state index in [0.29, 0.717) is 23.7 Å². The lowest BCUT2D eigenvalue weighted by molar-refractivity contribution is -0.135. The van der Waals surface area contributed by atoms with Crippen molar-refractivity contribution in [2.75, 3.05) is 19.0 Å². The number of carbonyl (C=O) groups is 2. The van der Waals surface area contributed by atoms with Crippen LogP contribution in [0, 0.1) is 12.3 Å². The van der Waals surface area contributed by atoms with Gasteiger partial charge >= 0.3 is 5.97 Å². The van der Waals surface area contributed by atoms with E-state index < -0.39 is 5.97 Å². The molecule has 214 valence electrons. The van der Waals surface area contributed by atoms with Gasteiger partial charge < -0.3 is 19.5 Å². The summed E-state index contributed by atoms with van der Waals surface area (Å²) in [5.41, 5.74) is 6.60. The molecule has 2 aliphatic rings. The van der Waals surface area contributed by atoms with Crippen LogP contribution in [0.5, 0.6) is 17.2 Å². The van der Waals surface area contributed by atoms with Crippen molar-refractivity contribution in [2.24, 2.45) is 5.41 Å². The van der Waals surface area contributed by atoms with Crippen LogP contribution in [0.4, 0.5) is 5.69 Å². The van der Waals surface area contributed by atoms with Crippen molar-refractivity contribution in [1.82, 2.24) is 4.98 Å². The molecule has 42 heavy (non-hydrogen) atoms. The zero-order valence-corrected chi connectivity index (χ0v) is 24.3. The van der Waals surface area contributed by atoms with Crippen molar-refractivity contribution in [3.05, 3.63) is 95.2 Å². The van der Waals surface area contributed by atoms with Gasteiger partial charge in [-0.2, -0.15) is 0 Å². The van der Waals surface area contributed by atoms with Crippen LogP contribution < -0.4 is 19.5 Å². The second-order valence-corrected chi connectivity index (χ2v) is 11.8. The highest BCUT2D eigenvalue weighted by Gasteiger charge is 2.41. The van der Waals surface area contributed by atoms with Crippen LogP contribution in [0.3, 0.4) is 0 Å². The van der Waals surface area contributed by atoms with Crippen LogP contribution in [0.2, 0.25) is 0 Å². The van der Waals surface area contributed by atoms with E-state index in [2.05, 4.69) is 30.2 Å².